The third kappa shape index (κ3) is 3.41. The second-order valence-electron chi connectivity index (χ2n) is 7.53. The fourth-order valence-corrected chi connectivity index (χ4v) is 4.04. The maximum Gasteiger partial charge on any atom is 0.227 e. The van der Waals surface area contributed by atoms with Crippen molar-refractivity contribution in [2.75, 3.05) is 31.1 Å². The highest BCUT2D eigenvalue weighted by atomic mass is 16.2. The van der Waals surface area contributed by atoms with Gasteiger partial charge in [0.25, 0.3) is 0 Å². The van der Waals surface area contributed by atoms with Gasteiger partial charge < -0.3 is 14.4 Å². The molecule has 0 unspecified atom stereocenters. The van der Waals surface area contributed by atoms with Crippen molar-refractivity contribution in [3.8, 4) is 5.82 Å². The van der Waals surface area contributed by atoms with E-state index in [0.29, 0.717) is 25.3 Å². The van der Waals surface area contributed by atoms with E-state index in [0.717, 1.165) is 35.4 Å². The van der Waals surface area contributed by atoms with Gasteiger partial charge in [-0.25, -0.2) is 4.68 Å². The second-order valence-corrected chi connectivity index (χ2v) is 7.53. The number of para-hydroxylation sites is 1. The van der Waals surface area contributed by atoms with Gasteiger partial charge in [0, 0.05) is 62.7 Å². The molecule has 1 aliphatic heterocycles. The highest BCUT2D eigenvalue weighted by Gasteiger charge is 2.23. The second kappa shape index (κ2) is 7.62. The molecule has 5 rings (SSSR count). The monoisotopic (exact) mass is 401 g/mol. The summed E-state index contributed by atoms with van der Waals surface area (Å²) in [4.78, 5) is 17.0. The molecule has 0 radical (unpaired) electrons. The first kappa shape index (κ1) is 18.4. The molecule has 3 aromatic heterocycles. The third-order valence-corrected chi connectivity index (χ3v) is 5.65. The largest absolute Gasteiger partial charge is 0.352 e. The lowest BCUT2D eigenvalue weighted by Gasteiger charge is -2.35. The van der Waals surface area contributed by atoms with Crippen molar-refractivity contribution in [3.63, 3.8) is 0 Å². The van der Waals surface area contributed by atoms with Crippen LogP contribution in [0.25, 0.3) is 16.7 Å². The number of aromatic nitrogens is 5. The number of carbonyl (C=O) groups excluding carboxylic acids is 1. The molecule has 1 aromatic carbocycles. The van der Waals surface area contributed by atoms with Gasteiger partial charge in [-0.05, 0) is 29.8 Å². The minimum Gasteiger partial charge on any atom is -0.352 e. The molecular weight excluding hydrogens is 378 g/mol. The highest BCUT2D eigenvalue weighted by molar-refractivity contribution is 5.89. The molecule has 8 heteroatoms. The fourth-order valence-electron chi connectivity index (χ4n) is 4.04. The molecule has 30 heavy (non-hydrogen) atoms. The Bertz CT molecular complexity index is 1160. The van der Waals surface area contributed by atoms with Crippen LogP contribution in [0.3, 0.4) is 0 Å². The molecule has 1 fully saturated rings. The molecule has 0 saturated carbocycles. The Labute approximate surface area is 174 Å². The van der Waals surface area contributed by atoms with Crippen molar-refractivity contribution in [1.29, 1.82) is 0 Å². The van der Waals surface area contributed by atoms with Gasteiger partial charge in [-0.2, -0.15) is 5.10 Å². The Hall–Kier alpha value is -3.68. The van der Waals surface area contributed by atoms with Crippen molar-refractivity contribution >= 4 is 22.6 Å². The molecule has 0 spiro atoms. The SMILES string of the molecule is Cn1cc(CC(=O)N2CCN(c3ccc(-n4cccn4)nn3)CC2)c2ccccc21. The van der Waals surface area contributed by atoms with E-state index in [-0.39, 0.29) is 5.91 Å². The van der Waals surface area contributed by atoms with Crippen molar-refractivity contribution < 1.29 is 4.79 Å². The number of amides is 1. The Morgan fingerprint density at radius 1 is 0.967 bits per heavy atom. The normalized spacial score (nSPS) is 14.4. The van der Waals surface area contributed by atoms with Gasteiger partial charge in [0.2, 0.25) is 5.91 Å². The Morgan fingerprint density at radius 2 is 1.73 bits per heavy atom. The summed E-state index contributed by atoms with van der Waals surface area (Å²) in [5.41, 5.74) is 2.24. The molecular formula is C22H23N7O. The quantitative estimate of drug-likeness (QED) is 0.523. The predicted octanol–water partition coefficient (Wildman–Crippen LogP) is 2.05. The number of rotatable bonds is 4. The lowest BCUT2D eigenvalue weighted by atomic mass is 10.1. The minimum atomic E-state index is 0.172. The summed E-state index contributed by atoms with van der Waals surface area (Å²) in [6.07, 6.45) is 6.05. The molecule has 1 saturated heterocycles. The lowest BCUT2D eigenvalue weighted by Crippen LogP contribution is -2.49. The number of piperazine rings is 1. The van der Waals surface area contributed by atoms with Gasteiger partial charge >= 0.3 is 0 Å². The molecule has 4 aromatic rings. The van der Waals surface area contributed by atoms with Crippen LogP contribution in [0, 0.1) is 0 Å². The summed E-state index contributed by atoms with van der Waals surface area (Å²) in [5.74, 6) is 1.69. The minimum absolute atomic E-state index is 0.172. The molecule has 0 bridgehead atoms. The van der Waals surface area contributed by atoms with Crippen LogP contribution in [0.2, 0.25) is 0 Å². The number of hydrogen-bond donors (Lipinski definition) is 0. The number of fused-ring (bicyclic) bond motifs is 1. The van der Waals surface area contributed by atoms with Crippen LogP contribution in [0.5, 0.6) is 0 Å². The summed E-state index contributed by atoms with van der Waals surface area (Å²) >= 11 is 0. The van der Waals surface area contributed by atoms with Crippen LogP contribution in [0.15, 0.2) is 61.1 Å². The van der Waals surface area contributed by atoms with Crippen LogP contribution in [0.4, 0.5) is 5.82 Å². The number of anilines is 1. The Balaban J connectivity index is 1.22. The van der Waals surface area contributed by atoms with Crippen molar-refractivity contribution in [2.45, 2.75) is 6.42 Å². The first-order chi connectivity index (χ1) is 14.7. The fraction of sp³-hybridized carbons (Fsp3) is 0.273. The van der Waals surface area contributed by atoms with E-state index in [4.69, 9.17) is 0 Å². The maximum atomic E-state index is 12.9. The van der Waals surface area contributed by atoms with E-state index in [2.05, 4.69) is 43.1 Å². The molecule has 8 nitrogen and oxygen atoms in total. The van der Waals surface area contributed by atoms with Gasteiger partial charge in [0.05, 0.1) is 6.42 Å². The van der Waals surface area contributed by atoms with E-state index in [9.17, 15) is 4.79 Å². The average Bonchev–Trinajstić information content (AvgIpc) is 3.43. The standard InChI is InChI=1S/C22H23N7O/c1-26-16-17(18-5-2-3-6-19(18)26)15-22(30)28-13-11-27(12-14-28)20-7-8-21(25-24-20)29-10-4-9-23-29/h2-10,16H,11-15H2,1H3. The number of hydrogen-bond acceptors (Lipinski definition) is 5. The lowest BCUT2D eigenvalue weighted by molar-refractivity contribution is -0.130. The van der Waals surface area contributed by atoms with E-state index in [1.54, 1.807) is 10.9 Å². The predicted molar refractivity (Wildman–Crippen MR) is 115 cm³/mol. The van der Waals surface area contributed by atoms with Gasteiger partial charge in [-0.15, -0.1) is 10.2 Å². The van der Waals surface area contributed by atoms with E-state index in [1.807, 2.05) is 48.5 Å². The van der Waals surface area contributed by atoms with Crippen LogP contribution >= 0.6 is 0 Å². The highest BCUT2D eigenvalue weighted by Crippen LogP contribution is 2.22. The van der Waals surface area contributed by atoms with Crippen LogP contribution in [0.1, 0.15) is 5.56 Å². The number of benzene rings is 1. The molecule has 0 atom stereocenters. The van der Waals surface area contributed by atoms with Crippen LogP contribution in [-0.2, 0) is 18.3 Å². The number of aryl methyl sites for hydroxylation is 1. The van der Waals surface area contributed by atoms with Crippen LogP contribution in [-0.4, -0.2) is 61.5 Å². The topological polar surface area (TPSA) is 72.1 Å². The summed E-state index contributed by atoms with van der Waals surface area (Å²) in [6, 6.07) is 13.9. The van der Waals surface area contributed by atoms with Gasteiger partial charge in [-0.3, -0.25) is 4.79 Å². The zero-order valence-corrected chi connectivity index (χ0v) is 16.8. The molecule has 0 aliphatic carbocycles. The van der Waals surface area contributed by atoms with E-state index in [1.165, 1.54) is 0 Å². The van der Waals surface area contributed by atoms with E-state index < -0.39 is 0 Å². The van der Waals surface area contributed by atoms with Crippen molar-refractivity contribution in [1.82, 2.24) is 29.4 Å². The van der Waals surface area contributed by atoms with Gasteiger partial charge in [0.15, 0.2) is 11.6 Å². The smallest absolute Gasteiger partial charge is 0.227 e. The molecule has 0 N–H and O–H groups in total. The Morgan fingerprint density at radius 3 is 2.47 bits per heavy atom. The zero-order chi connectivity index (χ0) is 20.5. The van der Waals surface area contributed by atoms with Crippen molar-refractivity contribution in [2.24, 2.45) is 7.05 Å². The first-order valence-electron chi connectivity index (χ1n) is 10.1. The summed E-state index contributed by atoms with van der Waals surface area (Å²) in [6.45, 7) is 2.87. The van der Waals surface area contributed by atoms with E-state index >= 15 is 0 Å². The summed E-state index contributed by atoms with van der Waals surface area (Å²) in [5, 5.41) is 13.9. The molecule has 4 heterocycles. The maximum absolute atomic E-state index is 12.9. The van der Waals surface area contributed by atoms with Gasteiger partial charge in [0.1, 0.15) is 0 Å². The summed E-state index contributed by atoms with van der Waals surface area (Å²) < 4.78 is 3.77. The first-order valence-corrected chi connectivity index (χ1v) is 10.1. The molecule has 152 valence electrons. The van der Waals surface area contributed by atoms with Gasteiger partial charge in [-0.1, -0.05) is 18.2 Å². The average molecular weight is 401 g/mol. The third-order valence-electron chi connectivity index (χ3n) is 5.65. The number of nitrogens with zero attached hydrogens (tertiary/aromatic N) is 7. The zero-order valence-electron chi connectivity index (χ0n) is 16.8. The van der Waals surface area contributed by atoms with Crippen LogP contribution < -0.4 is 4.90 Å². The molecule has 1 amide bonds. The van der Waals surface area contributed by atoms with Crippen molar-refractivity contribution in [3.05, 3.63) is 66.6 Å². The molecule has 1 aliphatic rings. The summed E-state index contributed by atoms with van der Waals surface area (Å²) in [7, 11) is 2.02. The number of carbonyl (C=O) groups is 1. The Kier molecular flexibility index (Phi) is 4.66.